The third-order valence-corrected chi connectivity index (χ3v) is 4.21. The van der Waals surface area contributed by atoms with Crippen molar-refractivity contribution in [3.8, 4) is 5.75 Å². The lowest BCUT2D eigenvalue weighted by molar-refractivity contribution is 0.102. The molecule has 156 valence electrons. The van der Waals surface area contributed by atoms with E-state index in [4.69, 9.17) is 10.5 Å². The van der Waals surface area contributed by atoms with Gasteiger partial charge in [0, 0.05) is 17.7 Å². The van der Waals surface area contributed by atoms with E-state index >= 15 is 0 Å². The van der Waals surface area contributed by atoms with Crippen molar-refractivity contribution < 1.29 is 9.53 Å². The smallest absolute Gasteiger partial charge is 0.255 e. The Morgan fingerprint density at radius 1 is 0.933 bits per heavy atom. The Hall–Kier alpha value is -3.64. The maximum Gasteiger partial charge on any atom is 0.255 e. The lowest BCUT2D eigenvalue weighted by atomic mass is 10.1. The van der Waals surface area contributed by atoms with Gasteiger partial charge >= 0.3 is 0 Å². The molecule has 0 saturated carbocycles. The largest absolute Gasteiger partial charge is 0.493 e. The van der Waals surface area contributed by atoms with Gasteiger partial charge in [-0.2, -0.15) is 0 Å². The Labute approximate surface area is 177 Å². The van der Waals surface area contributed by atoms with E-state index < -0.39 is 0 Å². The molecule has 0 heterocycles. The van der Waals surface area contributed by atoms with Gasteiger partial charge in [0.15, 0.2) is 0 Å². The summed E-state index contributed by atoms with van der Waals surface area (Å²) >= 11 is 0. The van der Waals surface area contributed by atoms with Gasteiger partial charge in [0.25, 0.3) is 5.91 Å². The van der Waals surface area contributed by atoms with E-state index in [1.165, 1.54) is 18.9 Å². The van der Waals surface area contributed by atoms with Crippen molar-refractivity contribution in [2.24, 2.45) is 16.5 Å². The highest BCUT2D eigenvalue weighted by Crippen LogP contribution is 2.17. The van der Waals surface area contributed by atoms with Crippen molar-refractivity contribution in [3.63, 3.8) is 0 Å². The lowest BCUT2D eigenvalue weighted by Crippen LogP contribution is -2.11. The summed E-state index contributed by atoms with van der Waals surface area (Å²) in [6.07, 6.45) is 2.13. The number of rotatable bonds is 8. The van der Waals surface area contributed by atoms with Crippen LogP contribution in [0.5, 0.6) is 5.75 Å². The van der Waals surface area contributed by atoms with Gasteiger partial charge in [0.05, 0.1) is 19.5 Å². The number of nitrogens with zero attached hydrogens (tertiary/aromatic N) is 1. The van der Waals surface area contributed by atoms with Crippen LogP contribution in [-0.2, 0) is 13.0 Å². The summed E-state index contributed by atoms with van der Waals surface area (Å²) in [7, 11) is 1.50. The van der Waals surface area contributed by atoms with E-state index in [9.17, 15) is 4.79 Å². The fourth-order valence-corrected chi connectivity index (χ4v) is 2.69. The third kappa shape index (κ3) is 7.41. The third-order valence-electron chi connectivity index (χ3n) is 4.21. The Bertz CT molecular complexity index is 908. The molecule has 1 amide bonds. The Morgan fingerprint density at radius 2 is 1.60 bits per heavy atom. The van der Waals surface area contributed by atoms with Gasteiger partial charge in [0.2, 0.25) is 0 Å². The number of amides is 1. The van der Waals surface area contributed by atoms with Gasteiger partial charge in [0.1, 0.15) is 5.75 Å². The predicted octanol–water partition coefficient (Wildman–Crippen LogP) is 3.62. The molecule has 3 rings (SSSR count). The van der Waals surface area contributed by atoms with Crippen LogP contribution >= 0.6 is 0 Å². The van der Waals surface area contributed by atoms with Gasteiger partial charge in [-0.1, -0.05) is 42.5 Å². The molecule has 0 aliphatic heterocycles. The van der Waals surface area contributed by atoms with E-state index in [2.05, 4.69) is 28.2 Å². The minimum Gasteiger partial charge on any atom is -0.493 e. The first kappa shape index (κ1) is 22.6. The Morgan fingerprint density at radius 3 is 2.23 bits per heavy atom. The second-order valence-corrected chi connectivity index (χ2v) is 6.25. The second kappa shape index (κ2) is 12.7. The molecule has 0 fully saturated rings. The van der Waals surface area contributed by atoms with Gasteiger partial charge in [-0.25, -0.2) is 0 Å². The van der Waals surface area contributed by atoms with Crippen LogP contribution in [0.25, 0.3) is 0 Å². The number of nitrogens with two attached hydrogens (primary N) is 2. The topological polar surface area (TPSA) is 103 Å². The number of aliphatic imine (C=N–C) groups is 1. The second-order valence-electron chi connectivity index (χ2n) is 6.25. The van der Waals surface area contributed by atoms with Crippen molar-refractivity contribution in [2.45, 2.75) is 13.0 Å². The number of ether oxygens (including phenoxy) is 1. The summed E-state index contributed by atoms with van der Waals surface area (Å²) in [5.41, 5.74) is 13.3. The number of benzene rings is 3. The molecule has 0 saturated heterocycles. The molecule has 0 unspecified atom stereocenters. The first-order valence-corrected chi connectivity index (χ1v) is 9.69. The minimum absolute atomic E-state index is 0.161. The zero-order valence-electron chi connectivity index (χ0n) is 17.1. The maximum absolute atomic E-state index is 12.4. The molecule has 0 bridgehead atoms. The average molecular weight is 405 g/mol. The molecule has 0 spiro atoms. The molecule has 0 atom stereocenters. The fraction of sp³-hybridized carbons (Fsp3) is 0.167. The van der Waals surface area contributed by atoms with Crippen molar-refractivity contribution in [1.29, 1.82) is 0 Å². The average Bonchev–Trinajstić information content (AvgIpc) is 2.81. The Kier molecular flexibility index (Phi) is 9.62. The van der Waals surface area contributed by atoms with Crippen LogP contribution in [0.15, 0.2) is 83.9 Å². The van der Waals surface area contributed by atoms with E-state index in [0.717, 1.165) is 23.4 Å². The molecule has 6 heteroatoms. The summed E-state index contributed by atoms with van der Waals surface area (Å²) in [6, 6.07) is 24.9. The number of carbonyl (C=O) groups is 1. The number of anilines is 1. The first-order valence-electron chi connectivity index (χ1n) is 9.69. The van der Waals surface area contributed by atoms with Gasteiger partial charge in [-0.05, 0) is 54.6 Å². The molecule has 6 nitrogen and oxygen atoms in total. The van der Waals surface area contributed by atoms with Crippen LogP contribution in [0.4, 0.5) is 5.69 Å². The van der Waals surface area contributed by atoms with E-state index in [0.29, 0.717) is 18.7 Å². The van der Waals surface area contributed by atoms with Crippen molar-refractivity contribution in [2.75, 3.05) is 19.0 Å². The molecule has 3 aromatic carbocycles. The molecule has 0 aliphatic carbocycles. The number of nitrogens with one attached hydrogen (secondary N) is 1. The van der Waals surface area contributed by atoms with Crippen LogP contribution < -0.4 is 21.5 Å². The highest BCUT2D eigenvalue weighted by atomic mass is 16.5. The quantitative estimate of drug-likeness (QED) is 0.394. The molecule has 0 aliphatic rings. The van der Waals surface area contributed by atoms with Crippen LogP contribution in [0.3, 0.4) is 0 Å². The maximum atomic E-state index is 12.4. The zero-order chi connectivity index (χ0) is 21.6. The molecule has 30 heavy (non-hydrogen) atoms. The van der Waals surface area contributed by atoms with Crippen LogP contribution in [0, 0.1) is 0 Å². The van der Waals surface area contributed by atoms with Crippen LogP contribution in [-0.4, -0.2) is 25.9 Å². The molecule has 0 radical (unpaired) electrons. The summed E-state index contributed by atoms with van der Waals surface area (Å²) in [6.45, 7) is 1.11. The fourth-order valence-electron chi connectivity index (χ4n) is 2.69. The normalized spacial score (nSPS) is 10.2. The molecular formula is C24H28N4O2. The summed E-state index contributed by atoms with van der Waals surface area (Å²) in [5.74, 6) is 0.616. The summed E-state index contributed by atoms with van der Waals surface area (Å²) in [4.78, 5) is 16.3. The Balaban J connectivity index is 0.00000155. The SMILES string of the molecule is CN.NC=NCc1ccc(C(=O)Nc2ccc(OCCc3ccccc3)cc2)cc1. The zero-order valence-corrected chi connectivity index (χ0v) is 17.1. The summed E-state index contributed by atoms with van der Waals surface area (Å²) in [5, 5.41) is 2.89. The lowest BCUT2D eigenvalue weighted by Gasteiger charge is -2.09. The molecular weight excluding hydrogens is 376 g/mol. The van der Waals surface area contributed by atoms with Crippen LogP contribution in [0.1, 0.15) is 21.5 Å². The number of hydrogen-bond donors (Lipinski definition) is 3. The van der Waals surface area contributed by atoms with Crippen LogP contribution in [0.2, 0.25) is 0 Å². The van der Waals surface area contributed by atoms with E-state index in [1.54, 1.807) is 12.1 Å². The van der Waals surface area contributed by atoms with Gasteiger partial charge < -0.3 is 21.5 Å². The van der Waals surface area contributed by atoms with E-state index in [-0.39, 0.29) is 5.91 Å². The van der Waals surface area contributed by atoms with Crippen molar-refractivity contribution >= 4 is 17.9 Å². The highest BCUT2D eigenvalue weighted by molar-refractivity contribution is 6.04. The number of hydrogen-bond acceptors (Lipinski definition) is 4. The van der Waals surface area contributed by atoms with Gasteiger partial charge in [-0.15, -0.1) is 0 Å². The van der Waals surface area contributed by atoms with E-state index in [1.807, 2.05) is 54.6 Å². The first-order chi connectivity index (χ1) is 14.7. The minimum atomic E-state index is -0.161. The monoisotopic (exact) mass is 404 g/mol. The molecule has 5 N–H and O–H groups in total. The van der Waals surface area contributed by atoms with Crippen molar-refractivity contribution in [3.05, 3.63) is 95.6 Å². The molecule has 0 aromatic heterocycles. The molecule has 3 aromatic rings. The predicted molar refractivity (Wildman–Crippen MR) is 123 cm³/mol. The highest BCUT2D eigenvalue weighted by Gasteiger charge is 2.06. The number of carbonyl (C=O) groups excluding carboxylic acids is 1. The van der Waals surface area contributed by atoms with Gasteiger partial charge in [-0.3, -0.25) is 9.79 Å². The standard InChI is InChI=1S/C23H23N3O2.CH5N/c24-17-25-16-19-6-8-20(9-7-19)23(27)26-21-10-12-22(13-11-21)28-15-14-18-4-2-1-3-5-18;1-2/h1-13,17H,14-16H2,(H2,24,25)(H,26,27);2H2,1H3. The van der Waals surface area contributed by atoms with Crippen molar-refractivity contribution in [1.82, 2.24) is 0 Å². The summed E-state index contributed by atoms with van der Waals surface area (Å²) < 4.78 is 5.77.